The van der Waals surface area contributed by atoms with Crippen LogP contribution in [0.1, 0.15) is 38.3 Å². The number of benzene rings is 2. The molecule has 7 heteroatoms. The number of aliphatic imine (C=N–C) groups is 1. The van der Waals surface area contributed by atoms with E-state index < -0.39 is 12.0 Å². The first-order valence-electron chi connectivity index (χ1n) is 9.89. The van der Waals surface area contributed by atoms with Crippen LogP contribution in [0.5, 0.6) is 0 Å². The van der Waals surface area contributed by atoms with Crippen LogP contribution in [0.4, 0.5) is 5.95 Å². The molecule has 3 aromatic rings. The lowest BCUT2D eigenvalue weighted by Gasteiger charge is -2.40. The van der Waals surface area contributed by atoms with Gasteiger partial charge in [0.15, 0.2) is 5.82 Å². The van der Waals surface area contributed by atoms with Crippen molar-refractivity contribution in [2.75, 3.05) is 0 Å². The predicted molar refractivity (Wildman–Crippen MR) is 119 cm³/mol. The Hall–Kier alpha value is -2.50. The Kier molecular flexibility index (Phi) is 4.56. The largest absolute Gasteiger partial charge is 0.299 e. The fourth-order valence-corrected chi connectivity index (χ4v) is 5.03. The van der Waals surface area contributed by atoms with Gasteiger partial charge in [-0.2, -0.15) is 4.98 Å². The van der Waals surface area contributed by atoms with E-state index in [-0.39, 0.29) is 11.2 Å². The van der Waals surface area contributed by atoms with Crippen molar-refractivity contribution in [1.29, 1.82) is 0 Å². The summed E-state index contributed by atoms with van der Waals surface area (Å²) < 4.78 is 1.75. The molecule has 1 fully saturated rings. The molecule has 0 amide bonds. The van der Waals surface area contributed by atoms with Crippen LogP contribution in [0.15, 0.2) is 53.5 Å². The molecule has 1 aliphatic heterocycles. The molecule has 2 aromatic carbocycles. The standard InChI is InChI=1S/C23H20Cl2N4O/c1-23(2)11-17-19(18(30)12-23)20(15-9-8-14(24)10-16(15)25)29-22(26-17)27-21(28-29)13-6-4-3-5-7-13/h3-10,19-20H,11-12H2,1-2H3. The van der Waals surface area contributed by atoms with Gasteiger partial charge in [0.25, 0.3) is 0 Å². The molecule has 2 unspecified atom stereocenters. The minimum Gasteiger partial charge on any atom is -0.299 e. The Balaban J connectivity index is 1.72. The molecule has 0 N–H and O–H groups in total. The van der Waals surface area contributed by atoms with Gasteiger partial charge in [-0.05, 0) is 29.5 Å². The number of ketones is 1. The fraction of sp³-hybridized carbons (Fsp3) is 0.304. The molecule has 0 spiro atoms. The number of Topliss-reactive ketones (excluding diaryl/α,β-unsaturated/α-hetero) is 1. The minimum atomic E-state index is -0.408. The third-order valence-corrected chi connectivity index (χ3v) is 6.33. The summed E-state index contributed by atoms with van der Waals surface area (Å²) in [4.78, 5) is 22.8. The number of halogens is 2. The van der Waals surface area contributed by atoms with Crippen molar-refractivity contribution >= 4 is 40.6 Å². The quantitative estimate of drug-likeness (QED) is 0.497. The molecule has 1 aromatic heterocycles. The van der Waals surface area contributed by atoms with Crippen LogP contribution < -0.4 is 0 Å². The van der Waals surface area contributed by atoms with Crippen LogP contribution in [0.3, 0.4) is 0 Å². The lowest BCUT2D eigenvalue weighted by atomic mass is 9.67. The summed E-state index contributed by atoms with van der Waals surface area (Å²) in [5.41, 5.74) is 2.42. The lowest BCUT2D eigenvalue weighted by molar-refractivity contribution is -0.124. The van der Waals surface area contributed by atoms with Gasteiger partial charge in [0.1, 0.15) is 5.78 Å². The molecule has 1 saturated carbocycles. The number of fused-ring (bicyclic) bond motifs is 2. The van der Waals surface area contributed by atoms with Gasteiger partial charge in [0.05, 0.1) is 12.0 Å². The van der Waals surface area contributed by atoms with Gasteiger partial charge in [-0.15, -0.1) is 5.10 Å². The molecule has 5 nitrogen and oxygen atoms in total. The second-order valence-electron chi connectivity index (χ2n) is 8.72. The Labute approximate surface area is 184 Å². The van der Waals surface area contributed by atoms with E-state index in [4.69, 9.17) is 38.3 Å². The highest BCUT2D eigenvalue weighted by molar-refractivity contribution is 6.35. The van der Waals surface area contributed by atoms with Crippen molar-refractivity contribution in [2.45, 2.75) is 32.7 Å². The third kappa shape index (κ3) is 3.26. The van der Waals surface area contributed by atoms with Crippen LogP contribution in [0.25, 0.3) is 11.4 Å². The zero-order chi connectivity index (χ0) is 21.0. The van der Waals surface area contributed by atoms with Crippen molar-refractivity contribution in [2.24, 2.45) is 16.3 Å². The van der Waals surface area contributed by atoms with Crippen molar-refractivity contribution in [3.8, 4) is 11.4 Å². The second-order valence-corrected chi connectivity index (χ2v) is 9.57. The van der Waals surface area contributed by atoms with Crippen LogP contribution in [-0.4, -0.2) is 26.3 Å². The zero-order valence-corrected chi connectivity index (χ0v) is 18.2. The summed E-state index contributed by atoms with van der Waals surface area (Å²) in [6, 6.07) is 14.7. The highest BCUT2D eigenvalue weighted by Gasteiger charge is 2.47. The van der Waals surface area contributed by atoms with Gasteiger partial charge in [0.2, 0.25) is 5.95 Å². The van der Waals surface area contributed by atoms with Crippen LogP contribution in [-0.2, 0) is 4.79 Å². The predicted octanol–water partition coefficient (Wildman–Crippen LogP) is 5.93. The molecule has 30 heavy (non-hydrogen) atoms. The summed E-state index contributed by atoms with van der Waals surface area (Å²) in [7, 11) is 0. The van der Waals surface area contributed by atoms with Crippen molar-refractivity contribution in [3.05, 3.63) is 64.1 Å². The molecule has 5 rings (SSSR count). The van der Waals surface area contributed by atoms with E-state index in [1.54, 1.807) is 16.8 Å². The highest BCUT2D eigenvalue weighted by atomic mass is 35.5. The second kappa shape index (κ2) is 7.03. The molecule has 0 radical (unpaired) electrons. The number of carbonyl (C=O) groups is 1. The van der Waals surface area contributed by atoms with Gasteiger partial charge >= 0.3 is 0 Å². The number of hydrogen-bond acceptors (Lipinski definition) is 4. The van der Waals surface area contributed by atoms with Crippen molar-refractivity contribution in [1.82, 2.24) is 14.8 Å². The van der Waals surface area contributed by atoms with E-state index in [1.165, 1.54) is 0 Å². The fourth-order valence-electron chi connectivity index (χ4n) is 4.51. The summed E-state index contributed by atoms with van der Waals surface area (Å²) >= 11 is 12.7. The Morgan fingerprint density at radius 3 is 2.57 bits per heavy atom. The van der Waals surface area contributed by atoms with E-state index in [0.29, 0.717) is 28.2 Å². The first kappa shape index (κ1) is 19.5. The number of aromatic nitrogens is 3. The average Bonchev–Trinajstić information content (AvgIpc) is 3.10. The Morgan fingerprint density at radius 1 is 1.07 bits per heavy atom. The average molecular weight is 439 g/mol. The van der Waals surface area contributed by atoms with Gasteiger partial charge in [-0.25, -0.2) is 9.67 Å². The summed E-state index contributed by atoms with van der Waals surface area (Å²) in [5.74, 6) is 0.829. The van der Waals surface area contributed by atoms with E-state index in [2.05, 4.69) is 13.8 Å². The first-order valence-corrected chi connectivity index (χ1v) is 10.7. The van der Waals surface area contributed by atoms with E-state index >= 15 is 0 Å². The van der Waals surface area contributed by atoms with E-state index in [9.17, 15) is 4.79 Å². The molecule has 152 valence electrons. The third-order valence-electron chi connectivity index (χ3n) is 5.77. The lowest BCUT2D eigenvalue weighted by Crippen LogP contribution is -2.44. The molecular weight excluding hydrogens is 419 g/mol. The minimum absolute atomic E-state index is 0.134. The summed E-state index contributed by atoms with van der Waals surface area (Å²) in [5, 5.41) is 5.82. The molecule has 1 aliphatic carbocycles. The van der Waals surface area contributed by atoms with Crippen molar-refractivity contribution < 1.29 is 4.79 Å². The SMILES string of the molecule is CC1(C)CC(=O)C2C(=Nc3nc(-c4ccccc4)nn3C2c2ccc(Cl)cc2Cl)C1. The highest BCUT2D eigenvalue weighted by Crippen LogP contribution is 2.46. The van der Waals surface area contributed by atoms with Gasteiger partial charge in [-0.1, -0.05) is 73.4 Å². The number of rotatable bonds is 2. The maximum Gasteiger partial charge on any atom is 0.248 e. The van der Waals surface area contributed by atoms with E-state index in [0.717, 1.165) is 23.3 Å². The monoisotopic (exact) mass is 438 g/mol. The van der Waals surface area contributed by atoms with Crippen LogP contribution >= 0.6 is 23.2 Å². The van der Waals surface area contributed by atoms with Gasteiger partial charge in [-0.3, -0.25) is 4.79 Å². The topological polar surface area (TPSA) is 60.1 Å². The normalized spacial score (nSPS) is 22.3. The molecular formula is C23H20Cl2N4O. The smallest absolute Gasteiger partial charge is 0.248 e. The Morgan fingerprint density at radius 2 is 1.83 bits per heavy atom. The van der Waals surface area contributed by atoms with Gasteiger partial charge in [0, 0.05) is 27.7 Å². The maximum absolute atomic E-state index is 13.3. The molecule has 2 aliphatic rings. The Bertz CT molecular complexity index is 1180. The molecule has 0 bridgehead atoms. The van der Waals surface area contributed by atoms with Crippen LogP contribution in [0.2, 0.25) is 10.0 Å². The van der Waals surface area contributed by atoms with E-state index in [1.807, 2.05) is 36.4 Å². The first-order chi connectivity index (χ1) is 14.3. The maximum atomic E-state index is 13.3. The van der Waals surface area contributed by atoms with Crippen LogP contribution in [0, 0.1) is 11.3 Å². The molecule has 2 atom stereocenters. The molecule has 0 saturated heterocycles. The number of nitrogens with zero attached hydrogens (tertiary/aromatic N) is 4. The van der Waals surface area contributed by atoms with Gasteiger partial charge < -0.3 is 0 Å². The summed E-state index contributed by atoms with van der Waals surface area (Å²) in [6.45, 7) is 4.20. The number of hydrogen-bond donors (Lipinski definition) is 0. The van der Waals surface area contributed by atoms with Crippen molar-refractivity contribution in [3.63, 3.8) is 0 Å². The zero-order valence-electron chi connectivity index (χ0n) is 16.6. The number of carbonyl (C=O) groups excluding carboxylic acids is 1. The summed E-state index contributed by atoms with van der Waals surface area (Å²) in [6.07, 6.45) is 1.23. The molecule has 2 heterocycles.